The van der Waals surface area contributed by atoms with Crippen molar-refractivity contribution >= 4 is 0 Å². The minimum atomic E-state index is 1.35. The maximum atomic E-state index is 3.00. The van der Waals surface area contributed by atoms with E-state index in [4.69, 9.17) is 0 Å². The second-order valence-corrected chi connectivity index (χ2v) is 1.77. The van der Waals surface area contributed by atoms with E-state index >= 15 is 0 Å². The molecular formula is C9H16. The highest BCUT2D eigenvalue weighted by molar-refractivity contribution is 5.06. The molecule has 0 aromatic carbocycles. The zero-order valence-corrected chi connectivity index (χ0v) is 6.65. The summed E-state index contributed by atoms with van der Waals surface area (Å²) in [5, 5.41) is 0. The van der Waals surface area contributed by atoms with E-state index in [1.807, 2.05) is 19.1 Å². The fourth-order valence-electron chi connectivity index (χ4n) is 0.289. The second kappa shape index (κ2) is 10.3. The normalized spacial score (nSPS) is 7.89. The maximum Gasteiger partial charge on any atom is -0.0439 e. The standard InChI is InChI=1S/C7H12.C2H4/c1-4-5-6-7(2)3;1-2/h4-6H,1-3H3;1-2H2/b5-4-;. The summed E-state index contributed by atoms with van der Waals surface area (Å²) in [5.74, 6) is 0. The molecule has 0 N–H and O–H groups in total. The average Bonchev–Trinajstić information content (AvgIpc) is 1.88. The van der Waals surface area contributed by atoms with Crippen molar-refractivity contribution in [2.45, 2.75) is 20.8 Å². The Morgan fingerprint density at radius 3 is 1.78 bits per heavy atom. The molecule has 0 fully saturated rings. The number of hydrogen-bond acceptors (Lipinski definition) is 0. The van der Waals surface area contributed by atoms with Crippen LogP contribution in [-0.2, 0) is 0 Å². The van der Waals surface area contributed by atoms with Crippen LogP contribution in [-0.4, -0.2) is 0 Å². The maximum absolute atomic E-state index is 3.00. The van der Waals surface area contributed by atoms with E-state index in [-0.39, 0.29) is 0 Å². The van der Waals surface area contributed by atoms with Crippen molar-refractivity contribution < 1.29 is 0 Å². The third-order valence-corrected chi connectivity index (χ3v) is 0.622. The molecule has 0 nitrogen and oxygen atoms in total. The van der Waals surface area contributed by atoms with E-state index in [1.165, 1.54) is 5.57 Å². The van der Waals surface area contributed by atoms with Gasteiger partial charge in [0.2, 0.25) is 0 Å². The molecule has 0 aliphatic rings. The van der Waals surface area contributed by atoms with Gasteiger partial charge in [-0.05, 0) is 20.8 Å². The highest BCUT2D eigenvalue weighted by Gasteiger charge is 1.65. The first-order valence-corrected chi connectivity index (χ1v) is 3.03. The molecule has 0 heteroatoms. The quantitative estimate of drug-likeness (QED) is 0.371. The summed E-state index contributed by atoms with van der Waals surface area (Å²) >= 11 is 0. The lowest BCUT2D eigenvalue weighted by atomic mass is 10.3. The van der Waals surface area contributed by atoms with Gasteiger partial charge in [0.1, 0.15) is 0 Å². The molecule has 0 aromatic rings. The van der Waals surface area contributed by atoms with Crippen molar-refractivity contribution in [2.75, 3.05) is 0 Å². The van der Waals surface area contributed by atoms with Crippen LogP contribution in [0.3, 0.4) is 0 Å². The highest BCUT2D eigenvalue weighted by atomic mass is 13.7. The highest BCUT2D eigenvalue weighted by Crippen LogP contribution is 1.87. The monoisotopic (exact) mass is 124 g/mol. The van der Waals surface area contributed by atoms with Gasteiger partial charge in [0.25, 0.3) is 0 Å². The molecule has 0 aliphatic heterocycles. The smallest absolute Gasteiger partial charge is 0.0439 e. The lowest BCUT2D eigenvalue weighted by molar-refractivity contribution is 1.39. The van der Waals surface area contributed by atoms with Crippen LogP contribution >= 0.6 is 0 Å². The first-order chi connectivity index (χ1) is 4.27. The molecule has 0 aromatic heterocycles. The third-order valence-electron chi connectivity index (χ3n) is 0.622. The van der Waals surface area contributed by atoms with Gasteiger partial charge in [-0.15, -0.1) is 13.2 Å². The Hall–Kier alpha value is -0.780. The average molecular weight is 124 g/mol. The third kappa shape index (κ3) is 19.0. The van der Waals surface area contributed by atoms with Crippen LogP contribution in [0, 0.1) is 0 Å². The summed E-state index contributed by atoms with van der Waals surface area (Å²) in [6.45, 7) is 12.2. The van der Waals surface area contributed by atoms with Crippen LogP contribution in [0.2, 0.25) is 0 Å². The predicted octanol–water partition coefficient (Wildman–Crippen LogP) is 3.33. The molecule has 0 unspecified atom stereocenters. The lowest BCUT2D eigenvalue weighted by Gasteiger charge is -1.77. The summed E-state index contributed by atoms with van der Waals surface area (Å²) in [6, 6.07) is 0. The fraction of sp³-hybridized carbons (Fsp3) is 0.333. The summed E-state index contributed by atoms with van der Waals surface area (Å²) in [5.41, 5.74) is 1.35. The zero-order chi connectivity index (χ0) is 7.70. The Bertz CT molecular complexity index is 92.6. The molecule has 0 bridgehead atoms. The first-order valence-electron chi connectivity index (χ1n) is 3.03. The Morgan fingerprint density at radius 2 is 1.67 bits per heavy atom. The van der Waals surface area contributed by atoms with Crippen LogP contribution in [0.15, 0.2) is 37.0 Å². The molecule has 9 heavy (non-hydrogen) atoms. The molecule has 0 radical (unpaired) electrons. The topological polar surface area (TPSA) is 0 Å². The van der Waals surface area contributed by atoms with Crippen molar-refractivity contribution in [3.05, 3.63) is 37.0 Å². The molecule has 0 spiro atoms. The van der Waals surface area contributed by atoms with Gasteiger partial charge in [0.05, 0.1) is 0 Å². The zero-order valence-electron chi connectivity index (χ0n) is 6.65. The van der Waals surface area contributed by atoms with Gasteiger partial charge in [-0.3, -0.25) is 0 Å². The minimum absolute atomic E-state index is 1.35. The van der Waals surface area contributed by atoms with Crippen LogP contribution in [0.25, 0.3) is 0 Å². The van der Waals surface area contributed by atoms with E-state index < -0.39 is 0 Å². The van der Waals surface area contributed by atoms with Crippen molar-refractivity contribution in [1.82, 2.24) is 0 Å². The summed E-state index contributed by atoms with van der Waals surface area (Å²) in [6.07, 6.45) is 6.14. The van der Waals surface area contributed by atoms with Crippen molar-refractivity contribution in [3.63, 3.8) is 0 Å². The van der Waals surface area contributed by atoms with Gasteiger partial charge in [-0.1, -0.05) is 23.8 Å². The van der Waals surface area contributed by atoms with Gasteiger partial charge in [0, 0.05) is 0 Å². The van der Waals surface area contributed by atoms with Crippen LogP contribution in [0.5, 0.6) is 0 Å². The molecule has 0 saturated carbocycles. The van der Waals surface area contributed by atoms with Crippen LogP contribution in [0.4, 0.5) is 0 Å². The molecule has 52 valence electrons. The van der Waals surface area contributed by atoms with Crippen LogP contribution < -0.4 is 0 Å². The fourth-order valence-corrected chi connectivity index (χ4v) is 0.289. The molecule has 0 saturated heterocycles. The summed E-state index contributed by atoms with van der Waals surface area (Å²) < 4.78 is 0. The summed E-state index contributed by atoms with van der Waals surface area (Å²) in [4.78, 5) is 0. The second-order valence-electron chi connectivity index (χ2n) is 1.77. The largest absolute Gasteiger partial charge is 0.106 e. The molecule has 0 amide bonds. The van der Waals surface area contributed by atoms with E-state index in [2.05, 4.69) is 33.1 Å². The SMILES string of the molecule is C/C=C\C=C(C)C.C=C. The number of rotatable bonds is 1. The molecule has 0 aliphatic carbocycles. The Balaban J connectivity index is 0. The first kappa shape index (κ1) is 11.1. The van der Waals surface area contributed by atoms with Gasteiger partial charge in [0.15, 0.2) is 0 Å². The van der Waals surface area contributed by atoms with E-state index in [0.29, 0.717) is 0 Å². The number of hydrogen-bond donors (Lipinski definition) is 0. The Labute approximate surface area is 58.6 Å². The van der Waals surface area contributed by atoms with Crippen molar-refractivity contribution in [1.29, 1.82) is 0 Å². The van der Waals surface area contributed by atoms with Gasteiger partial charge < -0.3 is 0 Å². The van der Waals surface area contributed by atoms with Crippen molar-refractivity contribution in [3.8, 4) is 0 Å². The predicted molar refractivity (Wildman–Crippen MR) is 45.5 cm³/mol. The molecule has 0 heterocycles. The minimum Gasteiger partial charge on any atom is -0.106 e. The van der Waals surface area contributed by atoms with E-state index in [9.17, 15) is 0 Å². The Kier molecular flexibility index (Phi) is 12.6. The molecule has 0 atom stereocenters. The lowest BCUT2D eigenvalue weighted by Crippen LogP contribution is -1.56. The number of allylic oxidation sites excluding steroid dienone is 4. The van der Waals surface area contributed by atoms with Crippen molar-refractivity contribution in [2.24, 2.45) is 0 Å². The molecular weight excluding hydrogens is 108 g/mol. The van der Waals surface area contributed by atoms with Gasteiger partial charge >= 0.3 is 0 Å². The Morgan fingerprint density at radius 1 is 1.22 bits per heavy atom. The van der Waals surface area contributed by atoms with Gasteiger partial charge in [-0.25, -0.2) is 0 Å². The van der Waals surface area contributed by atoms with Gasteiger partial charge in [-0.2, -0.15) is 0 Å². The summed E-state index contributed by atoms with van der Waals surface area (Å²) in [7, 11) is 0. The van der Waals surface area contributed by atoms with E-state index in [1.54, 1.807) is 0 Å². The molecule has 0 rings (SSSR count). The van der Waals surface area contributed by atoms with Crippen LogP contribution in [0.1, 0.15) is 20.8 Å². The van der Waals surface area contributed by atoms with E-state index in [0.717, 1.165) is 0 Å².